The number of furan rings is 1. The lowest BCUT2D eigenvalue weighted by Crippen LogP contribution is -2.26. The van der Waals surface area contributed by atoms with Crippen LogP contribution in [0.15, 0.2) is 211 Å². The van der Waals surface area contributed by atoms with Crippen LogP contribution in [0, 0.1) is 0 Å². The van der Waals surface area contributed by atoms with Gasteiger partial charge in [0, 0.05) is 10.8 Å². The minimum atomic E-state index is -0.491. The van der Waals surface area contributed by atoms with E-state index in [1.165, 1.54) is 110 Å². The van der Waals surface area contributed by atoms with Crippen LogP contribution in [0.4, 0.5) is 0 Å². The van der Waals surface area contributed by atoms with Gasteiger partial charge in [0.05, 0.1) is 5.41 Å². The first kappa shape index (κ1) is 32.2. The Kier molecular flexibility index (Phi) is 6.28. The minimum absolute atomic E-state index is 0.491. The molecule has 1 nitrogen and oxygen atoms in total. The second-order valence-corrected chi connectivity index (χ2v) is 16.6. The van der Waals surface area contributed by atoms with Crippen molar-refractivity contribution in [3.05, 3.63) is 229 Å². The number of hydrogen-bond donors (Lipinski definition) is 0. The second kappa shape index (κ2) is 11.7. The van der Waals surface area contributed by atoms with E-state index in [0.29, 0.717) is 0 Å². The average molecular weight is 759 g/mol. The van der Waals surface area contributed by atoms with Gasteiger partial charge in [0.25, 0.3) is 0 Å². The van der Waals surface area contributed by atoms with Crippen molar-refractivity contribution in [1.29, 1.82) is 0 Å². The SMILES string of the molecule is c1ccc2c(c1)-c1ccccc1C21c2ccc3ccccc3c2-c2c1cc(-c1c3ccccc3c(-c3ccc4oc5ccccc5c4c3)c3ccccc13)c1ccccc21. The summed E-state index contributed by atoms with van der Waals surface area (Å²) in [5.41, 5.74) is 17.1. The van der Waals surface area contributed by atoms with Crippen molar-refractivity contribution in [3.63, 3.8) is 0 Å². The molecular weight excluding hydrogens is 725 g/mol. The van der Waals surface area contributed by atoms with Crippen LogP contribution in [-0.4, -0.2) is 0 Å². The van der Waals surface area contributed by atoms with Crippen molar-refractivity contribution >= 4 is 65.0 Å². The van der Waals surface area contributed by atoms with E-state index in [2.05, 4.69) is 200 Å². The summed E-state index contributed by atoms with van der Waals surface area (Å²) in [6.45, 7) is 0. The quantitative estimate of drug-likeness (QED) is 0.160. The molecular formula is C59H34O. The maximum Gasteiger partial charge on any atom is 0.135 e. The highest BCUT2D eigenvalue weighted by Gasteiger charge is 2.52. The Morgan fingerprint density at radius 3 is 1.45 bits per heavy atom. The molecule has 12 aromatic rings. The lowest BCUT2D eigenvalue weighted by molar-refractivity contribution is 0.669. The molecule has 2 aliphatic carbocycles. The maximum absolute atomic E-state index is 6.30. The second-order valence-electron chi connectivity index (χ2n) is 16.6. The number of hydrogen-bond acceptors (Lipinski definition) is 1. The van der Waals surface area contributed by atoms with Crippen molar-refractivity contribution in [1.82, 2.24) is 0 Å². The standard InChI is InChI=1S/C59H34O/c1-2-16-37-35(15-1)29-31-51-57(37)58-42-21-4-3-17-38(42)48(34-52(58)59(51)49-26-12-9-18-39(49)40-19-10-13-27-50(40)59)56-45-24-7-5-22-43(45)55(44-23-6-8-25-46(44)56)36-30-32-54-47(33-36)41-20-11-14-28-53(41)60-54/h1-34H. The van der Waals surface area contributed by atoms with Crippen molar-refractivity contribution in [2.75, 3.05) is 0 Å². The van der Waals surface area contributed by atoms with Crippen LogP contribution in [0.5, 0.6) is 0 Å². The fourth-order valence-corrected chi connectivity index (χ4v) is 11.6. The number of rotatable bonds is 2. The van der Waals surface area contributed by atoms with Gasteiger partial charge in [-0.05, 0) is 134 Å². The summed E-state index contributed by atoms with van der Waals surface area (Å²) in [5, 5.41) is 12.4. The third kappa shape index (κ3) is 3.97. The summed E-state index contributed by atoms with van der Waals surface area (Å²) in [7, 11) is 0. The van der Waals surface area contributed by atoms with E-state index in [0.717, 1.165) is 21.9 Å². The molecule has 0 aliphatic heterocycles. The fraction of sp³-hybridized carbons (Fsp3) is 0.0169. The predicted molar refractivity (Wildman–Crippen MR) is 251 cm³/mol. The van der Waals surface area contributed by atoms with E-state index in [9.17, 15) is 0 Å². The Morgan fingerprint density at radius 2 is 0.767 bits per heavy atom. The highest BCUT2D eigenvalue weighted by Crippen LogP contribution is 2.65. The van der Waals surface area contributed by atoms with Gasteiger partial charge in [-0.25, -0.2) is 0 Å². The van der Waals surface area contributed by atoms with Gasteiger partial charge in [-0.1, -0.05) is 182 Å². The van der Waals surface area contributed by atoms with Gasteiger partial charge in [0.1, 0.15) is 11.2 Å². The topological polar surface area (TPSA) is 13.1 Å². The Labute approximate surface area is 346 Å². The first-order chi connectivity index (χ1) is 29.8. The highest BCUT2D eigenvalue weighted by atomic mass is 16.3. The minimum Gasteiger partial charge on any atom is -0.456 e. The summed E-state index contributed by atoms with van der Waals surface area (Å²) >= 11 is 0. The molecule has 0 atom stereocenters. The summed E-state index contributed by atoms with van der Waals surface area (Å²) in [4.78, 5) is 0. The average Bonchev–Trinajstić information content (AvgIpc) is 3.94. The van der Waals surface area contributed by atoms with Gasteiger partial charge in [-0.15, -0.1) is 0 Å². The largest absolute Gasteiger partial charge is 0.456 e. The lowest BCUT2D eigenvalue weighted by atomic mass is 9.69. The van der Waals surface area contributed by atoms with Crippen LogP contribution in [0.2, 0.25) is 0 Å². The molecule has 0 radical (unpaired) electrons. The van der Waals surface area contributed by atoms with E-state index in [1.54, 1.807) is 0 Å². The van der Waals surface area contributed by atoms with Crippen molar-refractivity contribution < 1.29 is 4.42 Å². The van der Waals surface area contributed by atoms with Crippen LogP contribution >= 0.6 is 0 Å². The zero-order valence-electron chi connectivity index (χ0n) is 32.5. The molecule has 0 saturated carbocycles. The van der Waals surface area contributed by atoms with Crippen LogP contribution in [-0.2, 0) is 5.41 Å². The zero-order chi connectivity index (χ0) is 39.1. The highest BCUT2D eigenvalue weighted by molar-refractivity contribution is 6.26. The molecule has 14 rings (SSSR count). The van der Waals surface area contributed by atoms with Crippen molar-refractivity contribution in [2.45, 2.75) is 5.41 Å². The number of benzene rings is 11. The molecule has 2 aliphatic rings. The van der Waals surface area contributed by atoms with Gasteiger partial charge < -0.3 is 4.42 Å². The van der Waals surface area contributed by atoms with Crippen molar-refractivity contribution in [3.8, 4) is 44.5 Å². The van der Waals surface area contributed by atoms with E-state index in [4.69, 9.17) is 4.42 Å². The summed E-state index contributed by atoms with van der Waals surface area (Å²) in [6, 6.07) is 77.0. The first-order valence-corrected chi connectivity index (χ1v) is 20.9. The van der Waals surface area contributed by atoms with Gasteiger partial charge in [0.2, 0.25) is 0 Å². The van der Waals surface area contributed by atoms with Gasteiger partial charge in [-0.2, -0.15) is 0 Å². The third-order valence-electron chi connectivity index (χ3n) is 13.9. The van der Waals surface area contributed by atoms with Crippen LogP contribution in [0.1, 0.15) is 22.3 Å². The predicted octanol–water partition coefficient (Wildman–Crippen LogP) is 15.9. The first-order valence-electron chi connectivity index (χ1n) is 20.9. The Bertz CT molecular complexity index is 3740. The molecule has 1 spiro atoms. The van der Waals surface area contributed by atoms with Crippen LogP contribution in [0.25, 0.3) is 110 Å². The molecule has 1 aromatic heterocycles. The normalized spacial score (nSPS) is 13.5. The van der Waals surface area contributed by atoms with Gasteiger partial charge in [0.15, 0.2) is 0 Å². The fourth-order valence-electron chi connectivity index (χ4n) is 11.6. The maximum atomic E-state index is 6.30. The molecule has 0 N–H and O–H groups in total. The van der Waals surface area contributed by atoms with Crippen LogP contribution in [0.3, 0.4) is 0 Å². The molecule has 1 heterocycles. The van der Waals surface area contributed by atoms with Crippen LogP contribution < -0.4 is 0 Å². The van der Waals surface area contributed by atoms with E-state index in [1.807, 2.05) is 6.07 Å². The zero-order valence-corrected chi connectivity index (χ0v) is 32.5. The molecule has 0 amide bonds. The lowest BCUT2D eigenvalue weighted by Gasteiger charge is -2.31. The Balaban J connectivity index is 1.15. The molecule has 60 heavy (non-hydrogen) atoms. The molecule has 0 fully saturated rings. The molecule has 11 aromatic carbocycles. The molecule has 0 unspecified atom stereocenters. The third-order valence-corrected chi connectivity index (χ3v) is 13.9. The van der Waals surface area contributed by atoms with Gasteiger partial charge in [-0.3, -0.25) is 0 Å². The Hall–Kier alpha value is -7.74. The van der Waals surface area contributed by atoms with Crippen molar-refractivity contribution in [2.24, 2.45) is 0 Å². The summed E-state index contributed by atoms with van der Waals surface area (Å²) in [5.74, 6) is 0. The monoisotopic (exact) mass is 758 g/mol. The smallest absolute Gasteiger partial charge is 0.135 e. The molecule has 276 valence electrons. The van der Waals surface area contributed by atoms with E-state index in [-0.39, 0.29) is 0 Å². The molecule has 1 heteroatoms. The Morgan fingerprint density at radius 1 is 0.267 bits per heavy atom. The number of fused-ring (bicyclic) bond motifs is 19. The van der Waals surface area contributed by atoms with E-state index < -0.39 is 5.41 Å². The van der Waals surface area contributed by atoms with Gasteiger partial charge >= 0.3 is 0 Å². The van der Waals surface area contributed by atoms with E-state index >= 15 is 0 Å². The molecule has 0 saturated heterocycles. The summed E-state index contributed by atoms with van der Waals surface area (Å²) in [6.07, 6.45) is 0. The summed E-state index contributed by atoms with van der Waals surface area (Å²) < 4.78 is 6.30. The number of para-hydroxylation sites is 1. The molecule has 0 bridgehead atoms.